The summed E-state index contributed by atoms with van der Waals surface area (Å²) < 4.78 is 50.4. The van der Waals surface area contributed by atoms with Gasteiger partial charge in [-0.25, -0.2) is 12.8 Å². The normalized spacial score (nSPS) is 22.1. The second kappa shape index (κ2) is 6.32. The van der Waals surface area contributed by atoms with Gasteiger partial charge in [-0.3, -0.25) is 4.79 Å². The minimum absolute atomic E-state index is 0.0209. The number of carboxylic acids is 1. The van der Waals surface area contributed by atoms with Crippen LogP contribution in [0.3, 0.4) is 0 Å². The molecular weight excluding hydrogens is 329 g/mol. The molecular formula is C14H18FNO6S. The highest BCUT2D eigenvalue weighted by atomic mass is 32.2. The van der Waals surface area contributed by atoms with Crippen molar-refractivity contribution in [3.8, 4) is 11.5 Å². The highest BCUT2D eigenvalue weighted by molar-refractivity contribution is 7.89. The van der Waals surface area contributed by atoms with Crippen molar-refractivity contribution in [1.82, 2.24) is 4.31 Å². The van der Waals surface area contributed by atoms with Gasteiger partial charge >= 0.3 is 5.97 Å². The summed E-state index contributed by atoms with van der Waals surface area (Å²) in [5.41, 5.74) is 0. The van der Waals surface area contributed by atoms with E-state index in [0.29, 0.717) is 0 Å². The SMILES string of the molecule is COc1cc(F)c(S(=O)(=O)N2C[C@@H](C)[C@H](C(=O)O)C2)cc1OC. The van der Waals surface area contributed by atoms with Gasteiger partial charge in [-0.1, -0.05) is 6.92 Å². The molecule has 0 radical (unpaired) electrons. The van der Waals surface area contributed by atoms with Crippen LogP contribution in [0.4, 0.5) is 4.39 Å². The molecule has 1 heterocycles. The van der Waals surface area contributed by atoms with E-state index in [4.69, 9.17) is 14.6 Å². The Morgan fingerprint density at radius 1 is 1.26 bits per heavy atom. The van der Waals surface area contributed by atoms with Crippen LogP contribution in [0.15, 0.2) is 17.0 Å². The number of carboxylic acid groups (broad SMARTS) is 1. The van der Waals surface area contributed by atoms with Crippen molar-refractivity contribution in [2.75, 3.05) is 27.3 Å². The molecule has 1 aromatic rings. The van der Waals surface area contributed by atoms with E-state index in [2.05, 4.69) is 0 Å². The highest BCUT2D eigenvalue weighted by Crippen LogP contribution is 2.35. The maximum absolute atomic E-state index is 14.2. The van der Waals surface area contributed by atoms with Crippen molar-refractivity contribution in [2.45, 2.75) is 11.8 Å². The van der Waals surface area contributed by atoms with Gasteiger partial charge in [-0.05, 0) is 5.92 Å². The van der Waals surface area contributed by atoms with E-state index < -0.39 is 32.6 Å². The predicted molar refractivity (Wildman–Crippen MR) is 78.6 cm³/mol. The molecule has 128 valence electrons. The Morgan fingerprint density at radius 3 is 2.30 bits per heavy atom. The first-order valence-electron chi connectivity index (χ1n) is 6.86. The summed E-state index contributed by atoms with van der Waals surface area (Å²) >= 11 is 0. The Bertz CT molecular complexity index is 720. The molecule has 0 spiro atoms. The minimum atomic E-state index is -4.17. The molecule has 9 heteroatoms. The smallest absolute Gasteiger partial charge is 0.308 e. The van der Waals surface area contributed by atoms with E-state index in [-0.39, 0.29) is 30.5 Å². The lowest BCUT2D eigenvalue weighted by molar-refractivity contribution is -0.142. The molecule has 2 atom stereocenters. The second-order valence-electron chi connectivity index (χ2n) is 5.38. The summed E-state index contributed by atoms with van der Waals surface area (Å²) in [5, 5.41) is 9.11. The van der Waals surface area contributed by atoms with Gasteiger partial charge in [0.1, 0.15) is 10.7 Å². The lowest BCUT2D eigenvalue weighted by Gasteiger charge is -2.18. The third kappa shape index (κ3) is 3.11. The number of halogens is 1. The predicted octanol–water partition coefficient (Wildman–Crippen LogP) is 1.18. The number of nitrogens with zero attached hydrogens (tertiary/aromatic N) is 1. The van der Waals surface area contributed by atoms with E-state index in [0.717, 1.165) is 16.4 Å². The number of hydrogen-bond acceptors (Lipinski definition) is 5. The van der Waals surface area contributed by atoms with Crippen LogP contribution in [0.1, 0.15) is 6.92 Å². The Hall–Kier alpha value is -1.87. The summed E-state index contributed by atoms with van der Waals surface area (Å²) in [7, 11) is -1.55. The van der Waals surface area contributed by atoms with Crippen LogP contribution in [0, 0.1) is 17.7 Å². The molecule has 0 aliphatic carbocycles. The first kappa shape index (κ1) is 17.5. The van der Waals surface area contributed by atoms with Crippen molar-refractivity contribution in [1.29, 1.82) is 0 Å². The van der Waals surface area contributed by atoms with Gasteiger partial charge in [0.25, 0.3) is 0 Å². The lowest BCUT2D eigenvalue weighted by Crippen LogP contribution is -2.30. The molecule has 1 fully saturated rings. The molecule has 0 amide bonds. The second-order valence-corrected chi connectivity index (χ2v) is 7.29. The van der Waals surface area contributed by atoms with Gasteiger partial charge < -0.3 is 14.6 Å². The average molecular weight is 347 g/mol. The zero-order valence-electron chi connectivity index (χ0n) is 12.9. The van der Waals surface area contributed by atoms with E-state index in [1.165, 1.54) is 14.2 Å². The van der Waals surface area contributed by atoms with Crippen molar-refractivity contribution in [3.63, 3.8) is 0 Å². The van der Waals surface area contributed by atoms with Crippen LogP contribution in [-0.4, -0.2) is 51.1 Å². The zero-order valence-corrected chi connectivity index (χ0v) is 13.8. The summed E-state index contributed by atoms with van der Waals surface area (Å²) in [5.74, 6) is -3.06. The number of hydrogen-bond donors (Lipinski definition) is 1. The van der Waals surface area contributed by atoms with Crippen LogP contribution >= 0.6 is 0 Å². The first-order valence-corrected chi connectivity index (χ1v) is 8.30. The van der Waals surface area contributed by atoms with Crippen LogP contribution in [0.2, 0.25) is 0 Å². The number of methoxy groups -OCH3 is 2. The number of rotatable bonds is 5. The van der Waals surface area contributed by atoms with E-state index in [1.54, 1.807) is 6.92 Å². The van der Waals surface area contributed by atoms with Gasteiger partial charge in [-0.15, -0.1) is 0 Å². The van der Waals surface area contributed by atoms with Gasteiger partial charge in [0.15, 0.2) is 11.5 Å². The fourth-order valence-corrected chi connectivity index (χ4v) is 4.24. The maximum atomic E-state index is 14.2. The Balaban J connectivity index is 2.43. The summed E-state index contributed by atoms with van der Waals surface area (Å²) in [6, 6.07) is 1.97. The van der Waals surface area contributed by atoms with E-state index in [1.807, 2.05) is 0 Å². The number of aliphatic carboxylic acids is 1. The highest BCUT2D eigenvalue weighted by Gasteiger charge is 2.41. The molecule has 1 N–H and O–H groups in total. The molecule has 0 aromatic heterocycles. The van der Waals surface area contributed by atoms with Crippen LogP contribution in [0.25, 0.3) is 0 Å². The van der Waals surface area contributed by atoms with Crippen LogP contribution < -0.4 is 9.47 Å². The third-order valence-electron chi connectivity index (χ3n) is 3.95. The Labute approximate surface area is 133 Å². The number of benzene rings is 1. The fraction of sp³-hybridized carbons (Fsp3) is 0.500. The number of ether oxygens (including phenoxy) is 2. The molecule has 1 aromatic carbocycles. The minimum Gasteiger partial charge on any atom is -0.493 e. The van der Waals surface area contributed by atoms with Gasteiger partial charge in [0.05, 0.1) is 20.1 Å². The lowest BCUT2D eigenvalue weighted by atomic mass is 9.99. The molecule has 23 heavy (non-hydrogen) atoms. The van der Waals surface area contributed by atoms with Crippen molar-refractivity contribution >= 4 is 16.0 Å². The largest absolute Gasteiger partial charge is 0.493 e. The Kier molecular flexibility index (Phi) is 4.81. The number of sulfonamides is 1. The molecule has 1 aliphatic heterocycles. The molecule has 0 bridgehead atoms. The molecule has 0 saturated carbocycles. The Morgan fingerprint density at radius 2 is 1.83 bits per heavy atom. The summed E-state index contributed by atoms with van der Waals surface area (Å²) in [6.07, 6.45) is 0. The zero-order chi connectivity index (χ0) is 17.4. The first-order chi connectivity index (χ1) is 10.7. The van der Waals surface area contributed by atoms with Gasteiger partial charge in [-0.2, -0.15) is 4.31 Å². The van der Waals surface area contributed by atoms with Gasteiger partial charge in [0, 0.05) is 25.2 Å². The quantitative estimate of drug-likeness (QED) is 0.860. The summed E-state index contributed by atoms with van der Waals surface area (Å²) in [4.78, 5) is 10.6. The fourth-order valence-electron chi connectivity index (χ4n) is 2.61. The van der Waals surface area contributed by atoms with Crippen molar-refractivity contribution in [3.05, 3.63) is 17.9 Å². The van der Waals surface area contributed by atoms with Crippen LogP contribution in [0.5, 0.6) is 11.5 Å². The molecule has 1 aliphatic rings. The standard InChI is InChI=1S/C14H18FNO6S/c1-8-6-16(7-9(8)14(17)18)23(19,20)13-5-12(22-3)11(21-2)4-10(13)15/h4-5,8-9H,6-7H2,1-3H3,(H,17,18)/t8-,9-/m1/s1. The summed E-state index contributed by atoms with van der Waals surface area (Å²) in [6.45, 7) is 1.49. The van der Waals surface area contributed by atoms with E-state index >= 15 is 0 Å². The molecule has 2 rings (SSSR count). The average Bonchev–Trinajstić information content (AvgIpc) is 2.89. The number of carbonyl (C=O) groups is 1. The molecule has 1 saturated heterocycles. The molecule has 0 unspecified atom stereocenters. The van der Waals surface area contributed by atoms with Crippen molar-refractivity contribution in [2.24, 2.45) is 11.8 Å². The molecule has 7 nitrogen and oxygen atoms in total. The third-order valence-corrected chi connectivity index (χ3v) is 5.80. The van der Waals surface area contributed by atoms with Crippen molar-refractivity contribution < 1.29 is 32.2 Å². The van der Waals surface area contributed by atoms with Gasteiger partial charge in [0.2, 0.25) is 10.0 Å². The van der Waals surface area contributed by atoms with Crippen LogP contribution in [-0.2, 0) is 14.8 Å². The topological polar surface area (TPSA) is 93.1 Å². The van der Waals surface area contributed by atoms with E-state index in [9.17, 15) is 17.6 Å². The monoisotopic (exact) mass is 347 g/mol. The maximum Gasteiger partial charge on any atom is 0.308 e.